The van der Waals surface area contributed by atoms with E-state index >= 15 is 0 Å². The molecule has 1 aromatic heterocycles. The molecule has 0 radical (unpaired) electrons. The van der Waals surface area contributed by atoms with Crippen LogP contribution in [0.15, 0.2) is 46.9 Å². The van der Waals surface area contributed by atoms with Crippen molar-refractivity contribution in [2.45, 2.75) is 33.1 Å². The fourth-order valence-corrected chi connectivity index (χ4v) is 3.24. The first kappa shape index (κ1) is 20.6. The Morgan fingerprint density at radius 1 is 1.10 bits per heavy atom. The van der Waals surface area contributed by atoms with Crippen LogP contribution in [0, 0.1) is 0 Å². The molecule has 0 aliphatic heterocycles. The van der Waals surface area contributed by atoms with Crippen molar-refractivity contribution >= 4 is 22.4 Å². The summed E-state index contributed by atoms with van der Waals surface area (Å²) in [5, 5.41) is 20.8. The van der Waals surface area contributed by atoms with Gasteiger partial charge >= 0.3 is 0 Å². The highest BCUT2D eigenvalue weighted by atomic mass is 16.5. The van der Waals surface area contributed by atoms with Crippen LogP contribution < -0.4 is 9.64 Å². The molecule has 1 heterocycles. The zero-order chi connectivity index (χ0) is 20.8. The molecule has 0 saturated heterocycles. The summed E-state index contributed by atoms with van der Waals surface area (Å²) in [4.78, 5) is 13.6. The number of ketones is 1. The molecule has 0 atom stereocenters. The number of hydrogen-bond donors (Lipinski definition) is 2. The van der Waals surface area contributed by atoms with E-state index in [0.29, 0.717) is 43.2 Å². The third-order valence-electron chi connectivity index (χ3n) is 4.76. The van der Waals surface area contributed by atoms with Crippen molar-refractivity contribution in [1.82, 2.24) is 0 Å². The summed E-state index contributed by atoms with van der Waals surface area (Å²) in [6.45, 7) is 5.61. The van der Waals surface area contributed by atoms with Crippen LogP contribution >= 0.6 is 0 Å². The van der Waals surface area contributed by atoms with Crippen molar-refractivity contribution in [3.8, 4) is 17.2 Å². The van der Waals surface area contributed by atoms with Crippen LogP contribution in [0.2, 0.25) is 0 Å². The number of para-hydroxylation sites is 1. The van der Waals surface area contributed by atoms with E-state index in [2.05, 4.69) is 6.92 Å². The Morgan fingerprint density at radius 2 is 1.93 bits per heavy atom. The van der Waals surface area contributed by atoms with E-state index in [9.17, 15) is 15.0 Å². The van der Waals surface area contributed by atoms with Crippen LogP contribution in [-0.2, 0) is 11.2 Å². The zero-order valence-electron chi connectivity index (χ0n) is 16.9. The van der Waals surface area contributed by atoms with Gasteiger partial charge in [0.1, 0.15) is 29.5 Å². The van der Waals surface area contributed by atoms with Gasteiger partial charge in [-0.1, -0.05) is 19.9 Å². The third-order valence-corrected chi connectivity index (χ3v) is 4.76. The van der Waals surface area contributed by atoms with Crippen molar-refractivity contribution in [2.75, 3.05) is 24.6 Å². The van der Waals surface area contributed by atoms with Crippen LogP contribution in [-0.4, -0.2) is 35.7 Å². The first-order valence-electron chi connectivity index (χ1n) is 9.94. The minimum atomic E-state index is -0.132. The monoisotopic (exact) mass is 397 g/mol. The Kier molecular flexibility index (Phi) is 6.65. The van der Waals surface area contributed by atoms with E-state index < -0.39 is 0 Å². The highest BCUT2D eigenvalue weighted by Crippen LogP contribution is 2.35. The molecule has 3 rings (SSSR count). The minimum Gasteiger partial charge on any atom is -0.504 e. The van der Waals surface area contributed by atoms with Gasteiger partial charge < -0.3 is 24.3 Å². The van der Waals surface area contributed by atoms with Crippen molar-refractivity contribution in [3.63, 3.8) is 0 Å². The highest BCUT2D eigenvalue weighted by molar-refractivity contribution is 5.84. The van der Waals surface area contributed by atoms with E-state index in [-0.39, 0.29) is 17.3 Å². The third kappa shape index (κ3) is 5.02. The molecule has 2 N–H and O–H groups in total. The minimum absolute atomic E-state index is 0.116. The number of furan rings is 1. The molecule has 154 valence electrons. The SMILES string of the molecule is CCCN(CCOc1ccc2oc(CC(=O)CC)cc2c1)c1cccc(O)c1O. The first-order chi connectivity index (χ1) is 14.0. The van der Waals surface area contributed by atoms with Gasteiger partial charge in [-0.3, -0.25) is 4.79 Å². The van der Waals surface area contributed by atoms with Gasteiger partial charge in [-0.25, -0.2) is 0 Å². The standard InChI is InChI=1S/C23H27NO5/c1-3-10-24(20-6-5-7-21(26)23(20)27)11-12-28-18-8-9-22-16(13-18)14-19(29-22)15-17(25)4-2/h5-9,13-14,26-27H,3-4,10-12,15H2,1-2H3. The number of hydrogen-bond acceptors (Lipinski definition) is 6. The predicted molar refractivity (Wildman–Crippen MR) is 113 cm³/mol. The fraction of sp³-hybridized carbons (Fsp3) is 0.348. The van der Waals surface area contributed by atoms with Crippen LogP contribution in [0.5, 0.6) is 17.2 Å². The normalized spacial score (nSPS) is 11.0. The van der Waals surface area contributed by atoms with Gasteiger partial charge in [-0.2, -0.15) is 0 Å². The lowest BCUT2D eigenvalue weighted by atomic mass is 10.2. The lowest BCUT2D eigenvalue weighted by Gasteiger charge is -2.25. The second-order valence-electron chi connectivity index (χ2n) is 6.96. The average molecular weight is 397 g/mol. The molecule has 0 fully saturated rings. The molecule has 0 aliphatic carbocycles. The van der Waals surface area contributed by atoms with Crippen molar-refractivity contribution < 1.29 is 24.2 Å². The molecule has 0 aliphatic rings. The number of Topliss-reactive ketones (excluding diaryl/α,β-unsaturated/α-hetero) is 1. The van der Waals surface area contributed by atoms with Gasteiger partial charge in [0, 0.05) is 18.4 Å². The van der Waals surface area contributed by atoms with Crippen molar-refractivity contribution in [2.24, 2.45) is 0 Å². The molecule has 0 saturated carbocycles. The molecule has 2 aromatic carbocycles. The van der Waals surface area contributed by atoms with Crippen LogP contribution in [0.25, 0.3) is 11.0 Å². The predicted octanol–water partition coefficient (Wildman–Crippen LogP) is 4.66. The Bertz CT molecular complexity index is 979. The van der Waals surface area contributed by atoms with Crippen LogP contribution in [0.3, 0.4) is 0 Å². The lowest BCUT2D eigenvalue weighted by Crippen LogP contribution is -2.29. The van der Waals surface area contributed by atoms with Gasteiger partial charge in [0.05, 0.1) is 18.7 Å². The van der Waals surface area contributed by atoms with E-state index in [0.717, 1.165) is 23.9 Å². The Morgan fingerprint density at radius 3 is 2.69 bits per heavy atom. The molecule has 3 aromatic rings. The molecular formula is C23H27NO5. The largest absolute Gasteiger partial charge is 0.504 e. The first-order valence-corrected chi connectivity index (χ1v) is 9.94. The number of ether oxygens (including phenoxy) is 1. The van der Waals surface area contributed by atoms with Gasteiger partial charge in [0.15, 0.2) is 11.5 Å². The molecule has 29 heavy (non-hydrogen) atoms. The van der Waals surface area contributed by atoms with Crippen molar-refractivity contribution in [3.05, 3.63) is 48.2 Å². The summed E-state index contributed by atoms with van der Waals surface area (Å²) < 4.78 is 11.6. The number of nitrogens with zero attached hydrogens (tertiary/aromatic N) is 1. The summed E-state index contributed by atoms with van der Waals surface area (Å²) in [6.07, 6.45) is 1.70. The number of rotatable bonds is 10. The van der Waals surface area contributed by atoms with E-state index in [1.807, 2.05) is 36.1 Å². The summed E-state index contributed by atoms with van der Waals surface area (Å²) in [5.74, 6) is 1.27. The van der Waals surface area contributed by atoms with Crippen molar-refractivity contribution in [1.29, 1.82) is 0 Å². The van der Waals surface area contributed by atoms with E-state index in [4.69, 9.17) is 9.15 Å². The zero-order valence-corrected chi connectivity index (χ0v) is 16.9. The maximum absolute atomic E-state index is 11.6. The van der Waals surface area contributed by atoms with Gasteiger partial charge in [-0.05, 0) is 42.8 Å². The maximum Gasteiger partial charge on any atom is 0.181 e. The number of benzene rings is 2. The second kappa shape index (κ2) is 9.37. The smallest absolute Gasteiger partial charge is 0.181 e. The van der Waals surface area contributed by atoms with E-state index in [1.165, 1.54) is 6.07 Å². The quantitative estimate of drug-likeness (QED) is 0.484. The number of phenols is 2. The van der Waals surface area contributed by atoms with Gasteiger partial charge in [-0.15, -0.1) is 0 Å². The number of carbonyl (C=O) groups excluding carboxylic acids is 1. The number of phenolic OH excluding ortho intramolecular Hbond substituents is 2. The molecular weight excluding hydrogens is 370 g/mol. The maximum atomic E-state index is 11.6. The Labute approximate surface area is 170 Å². The molecule has 0 amide bonds. The molecule has 0 spiro atoms. The molecule has 6 heteroatoms. The van der Waals surface area contributed by atoms with E-state index in [1.54, 1.807) is 12.1 Å². The Balaban J connectivity index is 1.65. The fourth-order valence-electron chi connectivity index (χ4n) is 3.24. The van der Waals surface area contributed by atoms with Crippen LogP contribution in [0.1, 0.15) is 32.4 Å². The molecule has 0 bridgehead atoms. The summed E-state index contributed by atoms with van der Waals surface area (Å²) in [6, 6.07) is 12.4. The molecule has 6 nitrogen and oxygen atoms in total. The Hall–Kier alpha value is -3.15. The number of fused-ring (bicyclic) bond motifs is 1. The van der Waals surface area contributed by atoms with Gasteiger partial charge in [0.25, 0.3) is 0 Å². The summed E-state index contributed by atoms with van der Waals surface area (Å²) >= 11 is 0. The lowest BCUT2D eigenvalue weighted by molar-refractivity contribution is -0.118. The summed E-state index contributed by atoms with van der Waals surface area (Å²) in [5.41, 5.74) is 1.32. The topological polar surface area (TPSA) is 83.1 Å². The number of aromatic hydroxyl groups is 2. The number of carbonyl (C=O) groups is 1. The van der Waals surface area contributed by atoms with Gasteiger partial charge in [0.2, 0.25) is 0 Å². The average Bonchev–Trinajstić information content (AvgIpc) is 3.11. The summed E-state index contributed by atoms with van der Waals surface area (Å²) in [7, 11) is 0. The highest BCUT2D eigenvalue weighted by Gasteiger charge is 2.14. The number of anilines is 1. The molecule has 0 unspecified atom stereocenters. The van der Waals surface area contributed by atoms with Crippen LogP contribution in [0.4, 0.5) is 5.69 Å². The second-order valence-corrected chi connectivity index (χ2v) is 6.96.